The lowest BCUT2D eigenvalue weighted by Gasteiger charge is -2.42. The first-order chi connectivity index (χ1) is 16.1. The van der Waals surface area contributed by atoms with Gasteiger partial charge in [-0.2, -0.15) is 0 Å². The summed E-state index contributed by atoms with van der Waals surface area (Å²) in [5.74, 6) is -2.78. The number of amides is 4. The zero-order valence-electron chi connectivity index (χ0n) is 19.0. The van der Waals surface area contributed by atoms with Crippen LogP contribution >= 0.6 is 0 Å². The molecule has 1 N–H and O–H groups in total. The Morgan fingerprint density at radius 1 is 1.09 bits per heavy atom. The summed E-state index contributed by atoms with van der Waals surface area (Å²) in [5, 5.41) is 2.77. The monoisotopic (exact) mass is 461 g/mol. The normalized spacial score (nSPS) is 17.0. The van der Waals surface area contributed by atoms with Gasteiger partial charge in [-0.15, -0.1) is 6.58 Å². The van der Waals surface area contributed by atoms with Crippen molar-refractivity contribution in [3.63, 3.8) is 0 Å². The van der Waals surface area contributed by atoms with Crippen molar-refractivity contribution in [2.24, 2.45) is 0 Å². The van der Waals surface area contributed by atoms with Gasteiger partial charge < -0.3 is 10.1 Å². The quantitative estimate of drug-likeness (QED) is 0.416. The molecule has 0 fully saturated rings. The molecule has 1 atom stereocenters. The minimum Gasteiger partial charge on any atom is -0.449 e. The first kappa shape index (κ1) is 22.9. The Morgan fingerprint density at radius 3 is 2.47 bits per heavy atom. The second kappa shape index (κ2) is 8.26. The minimum atomic E-state index is -1.23. The van der Waals surface area contributed by atoms with E-state index in [0.717, 1.165) is 4.90 Å². The molecule has 2 aliphatic heterocycles. The maximum Gasteiger partial charge on any atom is 0.338 e. The van der Waals surface area contributed by atoms with Gasteiger partial charge in [-0.05, 0) is 51.1 Å². The van der Waals surface area contributed by atoms with Gasteiger partial charge in [-0.3, -0.25) is 29.0 Å². The highest BCUT2D eigenvalue weighted by molar-refractivity contribution is 6.22. The van der Waals surface area contributed by atoms with Crippen molar-refractivity contribution in [2.75, 3.05) is 16.8 Å². The average Bonchev–Trinajstić information content (AvgIpc) is 3.04. The number of imide groups is 1. The Morgan fingerprint density at radius 2 is 1.76 bits per heavy atom. The smallest absolute Gasteiger partial charge is 0.338 e. The molecule has 4 amide bonds. The van der Waals surface area contributed by atoms with Gasteiger partial charge in [0.2, 0.25) is 5.91 Å². The van der Waals surface area contributed by atoms with E-state index >= 15 is 0 Å². The largest absolute Gasteiger partial charge is 0.449 e. The standard InChI is InChI=1S/C25H23N3O6/c1-5-12-27-21(30)16-11-10-15(13-17(16)22(27)31)23(32)34-14(2)20(29)28-19-9-7-6-8-18(19)26-24(33)25(28,3)4/h5-11,13-14H,1,12H2,2-4H3,(H,26,33). The number of para-hydroxylation sites is 2. The molecule has 0 saturated heterocycles. The number of carbonyl (C=O) groups excluding carboxylic acids is 5. The van der Waals surface area contributed by atoms with Gasteiger partial charge in [0.25, 0.3) is 17.7 Å². The van der Waals surface area contributed by atoms with Crippen LogP contribution in [0.1, 0.15) is 51.8 Å². The van der Waals surface area contributed by atoms with E-state index in [4.69, 9.17) is 4.74 Å². The molecule has 2 aliphatic rings. The van der Waals surface area contributed by atoms with Gasteiger partial charge >= 0.3 is 5.97 Å². The number of anilines is 2. The van der Waals surface area contributed by atoms with Crippen molar-refractivity contribution in [3.05, 3.63) is 71.8 Å². The second-order valence-electron chi connectivity index (χ2n) is 8.52. The molecule has 2 aromatic rings. The molecule has 2 heterocycles. The summed E-state index contributed by atoms with van der Waals surface area (Å²) in [7, 11) is 0. The van der Waals surface area contributed by atoms with Crippen LogP contribution in [-0.2, 0) is 14.3 Å². The number of fused-ring (bicyclic) bond motifs is 2. The zero-order valence-corrected chi connectivity index (χ0v) is 19.0. The Bertz CT molecular complexity index is 1270. The van der Waals surface area contributed by atoms with Crippen LogP contribution in [0.15, 0.2) is 55.1 Å². The fraction of sp³-hybridized carbons (Fsp3) is 0.240. The Balaban J connectivity index is 1.57. The predicted octanol–water partition coefficient (Wildman–Crippen LogP) is 2.78. The Kier molecular flexibility index (Phi) is 5.56. The van der Waals surface area contributed by atoms with Gasteiger partial charge in [0, 0.05) is 6.54 Å². The number of hydrogen-bond acceptors (Lipinski definition) is 6. The summed E-state index contributed by atoms with van der Waals surface area (Å²) >= 11 is 0. The number of nitrogens with zero attached hydrogens (tertiary/aromatic N) is 2. The van der Waals surface area contributed by atoms with Crippen molar-refractivity contribution in [3.8, 4) is 0 Å². The zero-order chi connectivity index (χ0) is 24.8. The predicted molar refractivity (Wildman–Crippen MR) is 124 cm³/mol. The van der Waals surface area contributed by atoms with E-state index in [2.05, 4.69) is 11.9 Å². The molecular formula is C25H23N3O6. The van der Waals surface area contributed by atoms with Crippen LogP contribution in [0.25, 0.3) is 0 Å². The van der Waals surface area contributed by atoms with Crippen LogP contribution in [0, 0.1) is 0 Å². The molecule has 0 aromatic heterocycles. The number of carbonyl (C=O) groups is 5. The number of nitrogens with one attached hydrogen (secondary N) is 1. The molecule has 34 heavy (non-hydrogen) atoms. The lowest BCUT2D eigenvalue weighted by molar-refractivity contribution is -0.131. The fourth-order valence-corrected chi connectivity index (χ4v) is 4.02. The van der Waals surface area contributed by atoms with Gasteiger partial charge in [-0.25, -0.2) is 4.79 Å². The third kappa shape index (κ3) is 3.55. The highest BCUT2D eigenvalue weighted by Gasteiger charge is 2.45. The maximum absolute atomic E-state index is 13.3. The summed E-state index contributed by atoms with van der Waals surface area (Å²) in [6, 6.07) is 10.9. The van der Waals surface area contributed by atoms with Gasteiger partial charge in [0.15, 0.2) is 6.10 Å². The summed E-state index contributed by atoms with van der Waals surface area (Å²) < 4.78 is 5.40. The maximum atomic E-state index is 13.3. The summed E-state index contributed by atoms with van der Waals surface area (Å²) in [6.45, 7) is 8.21. The highest BCUT2D eigenvalue weighted by atomic mass is 16.5. The summed E-state index contributed by atoms with van der Waals surface area (Å²) in [5.41, 5.74) is 0.0407. The highest BCUT2D eigenvalue weighted by Crippen LogP contribution is 2.37. The van der Waals surface area contributed by atoms with Gasteiger partial charge in [-0.1, -0.05) is 18.2 Å². The number of rotatable bonds is 5. The topological polar surface area (TPSA) is 113 Å². The number of benzene rings is 2. The molecule has 0 saturated carbocycles. The molecule has 9 heteroatoms. The minimum absolute atomic E-state index is 0.0241. The average molecular weight is 461 g/mol. The number of esters is 1. The van der Waals surface area contributed by atoms with E-state index in [9.17, 15) is 24.0 Å². The van der Waals surface area contributed by atoms with E-state index in [1.54, 1.807) is 38.1 Å². The molecule has 9 nitrogen and oxygen atoms in total. The summed E-state index contributed by atoms with van der Waals surface area (Å²) in [6.07, 6.45) is 0.207. The van der Waals surface area contributed by atoms with Crippen molar-refractivity contribution in [1.29, 1.82) is 0 Å². The van der Waals surface area contributed by atoms with E-state index < -0.39 is 35.3 Å². The molecule has 2 aromatic carbocycles. The molecule has 0 spiro atoms. The van der Waals surface area contributed by atoms with E-state index in [1.165, 1.54) is 36.1 Å². The lowest BCUT2D eigenvalue weighted by Crippen LogP contribution is -2.60. The fourth-order valence-electron chi connectivity index (χ4n) is 4.02. The van der Waals surface area contributed by atoms with Crippen LogP contribution in [-0.4, -0.2) is 52.7 Å². The van der Waals surface area contributed by atoms with Crippen LogP contribution < -0.4 is 10.2 Å². The van der Waals surface area contributed by atoms with E-state index in [-0.39, 0.29) is 29.1 Å². The van der Waals surface area contributed by atoms with Crippen LogP contribution in [0.2, 0.25) is 0 Å². The molecule has 174 valence electrons. The third-order valence-electron chi connectivity index (χ3n) is 5.88. The SMILES string of the molecule is C=CCN1C(=O)c2ccc(C(=O)OC(C)C(=O)N3c4ccccc4NC(=O)C3(C)C)cc2C1=O. The van der Waals surface area contributed by atoms with Crippen molar-refractivity contribution in [1.82, 2.24) is 4.90 Å². The van der Waals surface area contributed by atoms with Crippen LogP contribution in [0.5, 0.6) is 0 Å². The third-order valence-corrected chi connectivity index (χ3v) is 5.88. The summed E-state index contributed by atoms with van der Waals surface area (Å²) in [4.78, 5) is 66.0. The molecule has 1 unspecified atom stereocenters. The molecule has 0 radical (unpaired) electrons. The van der Waals surface area contributed by atoms with Crippen molar-refractivity contribution in [2.45, 2.75) is 32.4 Å². The molecule has 4 rings (SSSR count). The first-order valence-corrected chi connectivity index (χ1v) is 10.6. The molecule has 0 bridgehead atoms. The lowest BCUT2D eigenvalue weighted by atomic mass is 9.95. The van der Waals surface area contributed by atoms with Crippen molar-refractivity contribution < 1.29 is 28.7 Å². The molecular weight excluding hydrogens is 438 g/mol. The number of ether oxygens (including phenoxy) is 1. The first-order valence-electron chi connectivity index (χ1n) is 10.6. The van der Waals surface area contributed by atoms with Crippen LogP contribution in [0.3, 0.4) is 0 Å². The Hall–Kier alpha value is -4.27. The second-order valence-corrected chi connectivity index (χ2v) is 8.52. The van der Waals surface area contributed by atoms with Crippen LogP contribution in [0.4, 0.5) is 11.4 Å². The van der Waals surface area contributed by atoms with E-state index in [0.29, 0.717) is 11.4 Å². The number of hydrogen-bond donors (Lipinski definition) is 1. The van der Waals surface area contributed by atoms with Crippen molar-refractivity contribution >= 4 is 41.0 Å². The Labute approximate surface area is 196 Å². The van der Waals surface area contributed by atoms with E-state index in [1.807, 2.05) is 0 Å². The molecule has 0 aliphatic carbocycles. The van der Waals surface area contributed by atoms with Gasteiger partial charge in [0.1, 0.15) is 5.54 Å². The van der Waals surface area contributed by atoms with Gasteiger partial charge in [0.05, 0.1) is 28.1 Å².